The summed E-state index contributed by atoms with van der Waals surface area (Å²) in [6, 6.07) is 0. The molecule has 0 fully saturated rings. The van der Waals surface area contributed by atoms with Crippen molar-refractivity contribution in [2.75, 3.05) is 26.4 Å². The van der Waals surface area contributed by atoms with Crippen LogP contribution in [0.15, 0.2) is 60.8 Å². The first-order valence-electron chi connectivity index (χ1n) is 29.8. The summed E-state index contributed by atoms with van der Waals surface area (Å²) < 4.78 is 33.1. The SMILES string of the molecule is CC/C=C\C/C=C\C/C=C\C/C=C\C/C=C\CCCCCCCCCC(=O)OC(COC(=O)CCCCCCCCCCCCCCCCCCCCCCCCCCCCC)COP(=O)(O)OCCN. The second-order valence-corrected chi connectivity index (χ2v) is 21.3. The summed E-state index contributed by atoms with van der Waals surface area (Å²) in [6.45, 7) is 3.66. The average molecular weight is 1020 g/mol. The standard InChI is InChI=1S/C61H112NO8P/c1-3-5-7-9-11-13-15-17-19-21-23-25-27-28-29-30-32-33-35-37-39-41-43-45-47-49-51-53-60(63)67-57-59(58-69-71(65,66)68-56-55-62)70-61(64)54-52-50-48-46-44-42-40-38-36-34-31-26-24-22-20-18-16-14-12-10-8-6-4-2/h6,8,12,14,18,20,24,26,34,36,59H,3-5,7,9-11,13,15-17,19,21-23,25,27-33,35,37-58,62H2,1-2H3,(H,65,66)/b8-6-,14-12-,20-18-,26-24-,36-34-. The summed E-state index contributed by atoms with van der Waals surface area (Å²) in [7, 11) is -4.39. The van der Waals surface area contributed by atoms with Gasteiger partial charge in [-0.05, 0) is 57.8 Å². The molecule has 0 amide bonds. The van der Waals surface area contributed by atoms with E-state index in [0.717, 1.165) is 77.0 Å². The van der Waals surface area contributed by atoms with Crippen molar-refractivity contribution in [2.45, 2.75) is 290 Å². The Morgan fingerprint density at radius 1 is 0.437 bits per heavy atom. The Hall–Kier alpha value is -2.29. The summed E-state index contributed by atoms with van der Waals surface area (Å²) in [4.78, 5) is 35.2. The van der Waals surface area contributed by atoms with Crippen molar-refractivity contribution in [3.63, 3.8) is 0 Å². The first-order valence-corrected chi connectivity index (χ1v) is 31.3. The van der Waals surface area contributed by atoms with Crippen LogP contribution in [-0.4, -0.2) is 49.3 Å². The molecule has 0 heterocycles. The van der Waals surface area contributed by atoms with Crippen molar-refractivity contribution < 1.29 is 37.6 Å². The van der Waals surface area contributed by atoms with E-state index in [-0.39, 0.29) is 38.6 Å². The number of unbranched alkanes of at least 4 members (excludes halogenated alkanes) is 33. The minimum Gasteiger partial charge on any atom is -0.462 e. The monoisotopic (exact) mass is 1020 g/mol. The molecule has 0 aliphatic heterocycles. The number of carbonyl (C=O) groups is 2. The van der Waals surface area contributed by atoms with Gasteiger partial charge in [0.2, 0.25) is 0 Å². The fourth-order valence-electron chi connectivity index (χ4n) is 8.55. The smallest absolute Gasteiger partial charge is 0.462 e. The summed E-state index contributed by atoms with van der Waals surface area (Å²) in [5, 5.41) is 0. The van der Waals surface area contributed by atoms with Gasteiger partial charge in [0.25, 0.3) is 0 Å². The third-order valence-corrected chi connectivity index (χ3v) is 13.9. The van der Waals surface area contributed by atoms with Gasteiger partial charge in [0.15, 0.2) is 6.10 Å². The van der Waals surface area contributed by atoms with Crippen LogP contribution in [0, 0.1) is 0 Å². The van der Waals surface area contributed by atoms with Crippen LogP contribution in [0.2, 0.25) is 0 Å². The van der Waals surface area contributed by atoms with E-state index < -0.39 is 26.5 Å². The third kappa shape index (κ3) is 56.9. The van der Waals surface area contributed by atoms with Gasteiger partial charge in [-0.25, -0.2) is 4.57 Å². The van der Waals surface area contributed by atoms with E-state index in [0.29, 0.717) is 6.42 Å². The molecule has 414 valence electrons. The molecule has 71 heavy (non-hydrogen) atoms. The Morgan fingerprint density at radius 3 is 1.15 bits per heavy atom. The zero-order valence-electron chi connectivity index (χ0n) is 46.2. The van der Waals surface area contributed by atoms with Crippen molar-refractivity contribution in [3.8, 4) is 0 Å². The van der Waals surface area contributed by atoms with Crippen molar-refractivity contribution in [1.82, 2.24) is 0 Å². The molecule has 0 rings (SSSR count). The lowest BCUT2D eigenvalue weighted by Crippen LogP contribution is -2.29. The molecular weight excluding hydrogens is 906 g/mol. The number of hydrogen-bond acceptors (Lipinski definition) is 8. The third-order valence-electron chi connectivity index (χ3n) is 12.9. The maximum atomic E-state index is 12.7. The molecule has 9 nitrogen and oxygen atoms in total. The normalized spacial score (nSPS) is 13.5. The van der Waals surface area contributed by atoms with Gasteiger partial charge in [-0.2, -0.15) is 0 Å². The van der Waals surface area contributed by atoms with Gasteiger partial charge in [0, 0.05) is 19.4 Å². The van der Waals surface area contributed by atoms with Crippen LogP contribution >= 0.6 is 7.82 Å². The fraction of sp³-hybridized carbons (Fsp3) is 0.803. The summed E-state index contributed by atoms with van der Waals surface area (Å²) >= 11 is 0. The van der Waals surface area contributed by atoms with Crippen molar-refractivity contribution in [1.29, 1.82) is 0 Å². The van der Waals surface area contributed by atoms with Crippen LogP contribution in [-0.2, 0) is 32.7 Å². The highest BCUT2D eigenvalue weighted by molar-refractivity contribution is 7.47. The number of carbonyl (C=O) groups excluding carboxylic acids is 2. The first kappa shape index (κ1) is 68.7. The number of rotatable bonds is 56. The second kappa shape index (κ2) is 57.0. The zero-order chi connectivity index (χ0) is 51.7. The predicted molar refractivity (Wildman–Crippen MR) is 303 cm³/mol. The van der Waals surface area contributed by atoms with Gasteiger partial charge in [0.1, 0.15) is 6.61 Å². The summed E-state index contributed by atoms with van der Waals surface area (Å²) in [6.07, 6.45) is 71.4. The van der Waals surface area contributed by atoms with Gasteiger partial charge < -0.3 is 20.1 Å². The van der Waals surface area contributed by atoms with Crippen LogP contribution in [0.1, 0.15) is 284 Å². The number of allylic oxidation sites excluding steroid dienone is 10. The highest BCUT2D eigenvalue weighted by Gasteiger charge is 2.26. The van der Waals surface area contributed by atoms with Crippen LogP contribution in [0.4, 0.5) is 0 Å². The molecule has 0 saturated carbocycles. The van der Waals surface area contributed by atoms with Gasteiger partial charge >= 0.3 is 19.8 Å². The zero-order valence-corrected chi connectivity index (χ0v) is 47.1. The molecule has 0 aliphatic carbocycles. The molecule has 3 N–H and O–H groups in total. The van der Waals surface area contributed by atoms with E-state index in [2.05, 4.69) is 74.6 Å². The second-order valence-electron chi connectivity index (χ2n) is 19.8. The predicted octanol–water partition coefficient (Wildman–Crippen LogP) is 18.7. The number of phosphoric ester groups is 1. The lowest BCUT2D eigenvalue weighted by Gasteiger charge is -2.19. The van der Waals surface area contributed by atoms with E-state index in [1.807, 2.05) is 0 Å². The van der Waals surface area contributed by atoms with Crippen LogP contribution in [0.3, 0.4) is 0 Å². The minimum atomic E-state index is -4.39. The maximum Gasteiger partial charge on any atom is 0.472 e. The highest BCUT2D eigenvalue weighted by Crippen LogP contribution is 2.43. The van der Waals surface area contributed by atoms with Gasteiger partial charge in [-0.1, -0.05) is 274 Å². The van der Waals surface area contributed by atoms with Crippen molar-refractivity contribution in [3.05, 3.63) is 60.8 Å². The highest BCUT2D eigenvalue weighted by atomic mass is 31.2. The Morgan fingerprint density at radius 2 is 0.775 bits per heavy atom. The van der Waals surface area contributed by atoms with Crippen molar-refractivity contribution >= 4 is 19.8 Å². The Balaban J connectivity index is 3.95. The molecule has 0 aliphatic rings. The fourth-order valence-corrected chi connectivity index (χ4v) is 9.31. The topological polar surface area (TPSA) is 134 Å². The molecule has 0 aromatic rings. The number of phosphoric acid groups is 1. The first-order chi connectivity index (χ1) is 34.8. The average Bonchev–Trinajstić information content (AvgIpc) is 3.36. The summed E-state index contributed by atoms with van der Waals surface area (Å²) in [5.41, 5.74) is 5.38. The van der Waals surface area contributed by atoms with Crippen LogP contribution in [0.25, 0.3) is 0 Å². The molecule has 0 bridgehead atoms. The number of ether oxygens (including phenoxy) is 2. The Bertz CT molecular complexity index is 1350. The van der Waals surface area contributed by atoms with E-state index in [1.165, 1.54) is 173 Å². The molecule has 2 unspecified atom stereocenters. The van der Waals surface area contributed by atoms with Crippen molar-refractivity contribution in [2.24, 2.45) is 5.73 Å². The Kier molecular flexibility index (Phi) is 55.2. The largest absolute Gasteiger partial charge is 0.472 e. The van der Waals surface area contributed by atoms with Crippen LogP contribution < -0.4 is 5.73 Å². The van der Waals surface area contributed by atoms with Crippen LogP contribution in [0.5, 0.6) is 0 Å². The Labute approximate surface area is 438 Å². The number of esters is 2. The lowest BCUT2D eigenvalue weighted by molar-refractivity contribution is -0.161. The quantitative estimate of drug-likeness (QED) is 0.0264. The van der Waals surface area contributed by atoms with Gasteiger partial charge in [-0.15, -0.1) is 0 Å². The number of nitrogens with two attached hydrogens (primary N) is 1. The molecule has 0 spiro atoms. The maximum absolute atomic E-state index is 12.7. The minimum absolute atomic E-state index is 0.0503. The van der Waals surface area contributed by atoms with E-state index >= 15 is 0 Å². The molecule has 2 atom stereocenters. The van der Waals surface area contributed by atoms with Gasteiger partial charge in [-0.3, -0.25) is 18.6 Å². The molecule has 10 heteroatoms. The lowest BCUT2D eigenvalue weighted by atomic mass is 10.0. The number of hydrogen-bond donors (Lipinski definition) is 2. The molecule has 0 aromatic carbocycles. The van der Waals surface area contributed by atoms with E-state index in [4.69, 9.17) is 24.3 Å². The van der Waals surface area contributed by atoms with E-state index in [9.17, 15) is 19.0 Å². The summed E-state index contributed by atoms with van der Waals surface area (Å²) in [5.74, 6) is -0.831. The molecule has 0 saturated heterocycles. The molecule has 0 radical (unpaired) electrons. The van der Waals surface area contributed by atoms with Gasteiger partial charge in [0.05, 0.1) is 13.2 Å². The molecule has 0 aromatic heterocycles. The van der Waals surface area contributed by atoms with E-state index in [1.54, 1.807) is 0 Å². The molecular formula is C61H112NO8P.